The molecule has 5 rings (SSSR count). The van der Waals surface area contributed by atoms with Gasteiger partial charge in [-0.25, -0.2) is 4.79 Å². The van der Waals surface area contributed by atoms with Crippen molar-refractivity contribution < 1.29 is 23.8 Å². The van der Waals surface area contributed by atoms with Gasteiger partial charge in [-0.15, -0.1) is 0 Å². The molecule has 0 fully saturated rings. The summed E-state index contributed by atoms with van der Waals surface area (Å²) in [5.74, 6) is 1.06. The van der Waals surface area contributed by atoms with Crippen LogP contribution in [-0.2, 0) is 16.1 Å². The summed E-state index contributed by atoms with van der Waals surface area (Å²) in [6.07, 6.45) is 4.64. The van der Waals surface area contributed by atoms with Crippen molar-refractivity contribution in [2.24, 2.45) is 0 Å². The summed E-state index contributed by atoms with van der Waals surface area (Å²) in [5, 5.41) is 4.84. The number of para-hydroxylation sites is 1. The first kappa shape index (κ1) is 28.2. The lowest BCUT2D eigenvalue weighted by atomic mass is 10.1. The standard InChI is InChI=1S/C32H32ClN3O5/c1-21-8-4-13-28(22(21)2)40-16-7-14-29(37)36-15-17-41-31-25(10-6-12-27(31)36)24-18-34-35(20-24)19-23-9-5-11-26(30(23)33)32(38)39-3/h4-6,8-13,18,20H,7,14-17,19H2,1-3H3. The number of anilines is 1. The average molecular weight is 574 g/mol. The van der Waals surface area contributed by atoms with Crippen molar-refractivity contribution in [2.75, 3.05) is 31.8 Å². The molecule has 1 aromatic heterocycles. The van der Waals surface area contributed by atoms with E-state index in [0.29, 0.717) is 55.5 Å². The topological polar surface area (TPSA) is 82.9 Å². The first-order chi connectivity index (χ1) is 19.9. The largest absolute Gasteiger partial charge is 0.493 e. The molecule has 0 radical (unpaired) electrons. The van der Waals surface area contributed by atoms with Gasteiger partial charge in [0.05, 0.1) is 49.3 Å². The van der Waals surface area contributed by atoms with Crippen LogP contribution in [0.2, 0.25) is 5.02 Å². The summed E-state index contributed by atoms with van der Waals surface area (Å²) >= 11 is 6.48. The van der Waals surface area contributed by atoms with Gasteiger partial charge in [0.2, 0.25) is 5.91 Å². The fourth-order valence-corrected chi connectivity index (χ4v) is 5.15. The normalized spacial score (nSPS) is 12.4. The molecule has 0 spiro atoms. The fourth-order valence-electron chi connectivity index (χ4n) is 4.89. The number of hydrogen-bond donors (Lipinski definition) is 0. The Labute approximate surface area is 244 Å². The molecule has 9 heteroatoms. The maximum absolute atomic E-state index is 13.2. The Hall–Kier alpha value is -4.30. The van der Waals surface area contributed by atoms with E-state index in [4.69, 9.17) is 25.8 Å². The van der Waals surface area contributed by atoms with Crippen LogP contribution in [0, 0.1) is 13.8 Å². The summed E-state index contributed by atoms with van der Waals surface area (Å²) < 4.78 is 18.6. The summed E-state index contributed by atoms with van der Waals surface area (Å²) in [6.45, 7) is 5.83. The molecule has 0 aliphatic carbocycles. The van der Waals surface area contributed by atoms with Crippen LogP contribution in [-0.4, -0.2) is 48.5 Å². The van der Waals surface area contributed by atoms with Crippen LogP contribution < -0.4 is 14.4 Å². The van der Waals surface area contributed by atoms with E-state index in [9.17, 15) is 9.59 Å². The van der Waals surface area contributed by atoms with Gasteiger partial charge in [-0.05, 0) is 55.2 Å². The smallest absolute Gasteiger partial charge is 0.339 e. The molecule has 41 heavy (non-hydrogen) atoms. The highest BCUT2D eigenvalue weighted by Gasteiger charge is 2.26. The van der Waals surface area contributed by atoms with Crippen LogP contribution in [0.15, 0.2) is 67.0 Å². The number of fused-ring (bicyclic) bond motifs is 1. The van der Waals surface area contributed by atoms with Gasteiger partial charge in [0.1, 0.15) is 12.4 Å². The second kappa shape index (κ2) is 12.5. The highest BCUT2D eigenvalue weighted by atomic mass is 35.5. The Morgan fingerprint density at radius 3 is 2.71 bits per heavy atom. The number of aryl methyl sites for hydroxylation is 1. The Kier molecular flexibility index (Phi) is 8.59. The van der Waals surface area contributed by atoms with Crippen LogP contribution in [0.3, 0.4) is 0 Å². The first-order valence-corrected chi connectivity index (χ1v) is 13.9. The Morgan fingerprint density at radius 2 is 1.88 bits per heavy atom. The van der Waals surface area contributed by atoms with Gasteiger partial charge in [-0.1, -0.05) is 48.0 Å². The van der Waals surface area contributed by atoms with Crippen molar-refractivity contribution in [2.45, 2.75) is 33.2 Å². The Balaban J connectivity index is 1.27. The minimum atomic E-state index is -0.487. The number of carbonyl (C=O) groups excluding carboxylic acids is 2. The zero-order chi connectivity index (χ0) is 28.9. The molecule has 2 heterocycles. The third-order valence-electron chi connectivity index (χ3n) is 7.26. The van der Waals surface area contributed by atoms with Crippen molar-refractivity contribution in [1.29, 1.82) is 0 Å². The Bertz CT molecular complexity index is 1580. The van der Waals surface area contributed by atoms with Crippen molar-refractivity contribution in [1.82, 2.24) is 9.78 Å². The lowest BCUT2D eigenvalue weighted by Gasteiger charge is -2.31. The molecule has 3 aromatic carbocycles. The highest BCUT2D eigenvalue weighted by molar-refractivity contribution is 6.34. The van der Waals surface area contributed by atoms with Gasteiger partial charge in [-0.2, -0.15) is 5.10 Å². The van der Waals surface area contributed by atoms with E-state index in [1.54, 1.807) is 27.9 Å². The summed E-state index contributed by atoms with van der Waals surface area (Å²) in [7, 11) is 1.32. The molecule has 0 bridgehead atoms. The molecule has 0 unspecified atom stereocenters. The summed E-state index contributed by atoms with van der Waals surface area (Å²) in [4.78, 5) is 27.0. The van der Waals surface area contributed by atoms with Gasteiger partial charge < -0.3 is 19.1 Å². The van der Waals surface area contributed by atoms with Crippen molar-refractivity contribution in [3.63, 3.8) is 0 Å². The number of hydrogen-bond acceptors (Lipinski definition) is 6. The summed E-state index contributed by atoms with van der Waals surface area (Å²) in [6, 6.07) is 17.0. The second-order valence-electron chi connectivity index (χ2n) is 9.89. The fraction of sp³-hybridized carbons (Fsp3) is 0.281. The molecular formula is C32H32ClN3O5. The molecule has 0 saturated heterocycles. The molecule has 0 N–H and O–H groups in total. The van der Waals surface area contributed by atoms with Gasteiger partial charge in [-0.3, -0.25) is 9.48 Å². The lowest BCUT2D eigenvalue weighted by Crippen LogP contribution is -2.38. The zero-order valence-electron chi connectivity index (χ0n) is 23.4. The van der Waals surface area contributed by atoms with Crippen LogP contribution in [0.1, 0.15) is 39.9 Å². The minimum Gasteiger partial charge on any atom is -0.493 e. The number of methoxy groups -OCH3 is 1. The molecule has 1 amide bonds. The van der Waals surface area contributed by atoms with E-state index in [0.717, 1.165) is 33.7 Å². The zero-order valence-corrected chi connectivity index (χ0v) is 24.1. The van der Waals surface area contributed by atoms with E-state index in [2.05, 4.69) is 18.1 Å². The van der Waals surface area contributed by atoms with Crippen LogP contribution in [0.25, 0.3) is 11.1 Å². The molecule has 212 valence electrons. The van der Waals surface area contributed by atoms with Gasteiger partial charge in [0, 0.05) is 23.7 Å². The molecule has 1 aliphatic heterocycles. The number of nitrogens with zero attached hydrogens (tertiary/aromatic N) is 3. The number of carbonyl (C=O) groups is 2. The van der Waals surface area contributed by atoms with E-state index < -0.39 is 5.97 Å². The van der Waals surface area contributed by atoms with Crippen LogP contribution >= 0.6 is 11.6 Å². The van der Waals surface area contributed by atoms with E-state index in [1.165, 1.54) is 12.7 Å². The SMILES string of the molecule is COC(=O)c1cccc(Cn2cc(-c3cccc4c3OCCN4C(=O)CCCOc3cccc(C)c3C)cn2)c1Cl. The first-order valence-electron chi connectivity index (χ1n) is 13.5. The van der Waals surface area contributed by atoms with Crippen molar-refractivity contribution in [3.8, 4) is 22.6 Å². The van der Waals surface area contributed by atoms with Gasteiger partial charge >= 0.3 is 5.97 Å². The highest BCUT2D eigenvalue weighted by Crippen LogP contribution is 2.41. The van der Waals surface area contributed by atoms with Crippen molar-refractivity contribution >= 4 is 29.2 Å². The molecule has 1 aliphatic rings. The van der Waals surface area contributed by atoms with Gasteiger partial charge in [0.25, 0.3) is 0 Å². The number of esters is 1. The number of aromatic nitrogens is 2. The maximum Gasteiger partial charge on any atom is 0.339 e. The van der Waals surface area contributed by atoms with Crippen molar-refractivity contribution in [3.05, 3.63) is 94.3 Å². The number of benzene rings is 3. The minimum absolute atomic E-state index is 0.0343. The van der Waals surface area contributed by atoms with Crippen LogP contribution in [0.5, 0.6) is 11.5 Å². The maximum atomic E-state index is 13.2. The number of amides is 1. The van der Waals surface area contributed by atoms with E-state index in [1.807, 2.05) is 49.5 Å². The third-order valence-corrected chi connectivity index (χ3v) is 7.70. The van der Waals surface area contributed by atoms with E-state index >= 15 is 0 Å². The average Bonchev–Trinajstić information content (AvgIpc) is 3.45. The molecule has 4 aromatic rings. The lowest BCUT2D eigenvalue weighted by molar-refractivity contribution is -0.119. The predicted octanol–water partition coefficient (Wildman–Crippen LogP) is 6.24. The number of halogens is 1. The molecule has 0 atom stereocenters. The predicted molar refractivity (Wildman–Crippen MR) is 158 cm³/mol. The number of rotatable bonds is 9. The van der Waals surface area contributed by atoms with Gasteiger partial charge in [0.15, 0.2) is 5.75 Å². The molecule has 8 nitrogen and oxygen atoms in total. The number of ether oxygens (including phenoxy) is 3. The summed E-state index contributed by atoms with van der Waals surface area (Å²) in [5.41, 5.74) is 5.80. The third kappa shape index (κ3) is 6.07. The quantitative estimate of drug-likeness (QED) is 0.174. The molecule has 0 saturated carbocycles. The Morgan fingerprint density at radius 1 is 1.07 bits per heavy atom. The van der Waals surface area contributed by atoms with E-state index in [-0.39, 0.29) is 5.91 Å². The second-order valence-corrected chi connectivity index (χ2v) is 10.3. The monoisotopic (exact) mass is 573 g/mol. The molecular weight excluding hydrogens is 542 g/mol. The van der Waals surface area contributed by atoms with Crippen LogP contribution in [0.4, 0.5) is 5.69 Å².